The Labute approximate surface area is 227 Å². The van der Waals surface area contributed by atoms with Crippen molar-refractivity contribution in [3.05, 3.63) is 88.2 Å². The number of carbonyl (C=O) groups excluding carboxylic acids is 1. The van der Waals surface area contributed by atoms with Crippen LogP contribution in [0, 0.1) is 0 Å². The second kappa shape index (κ2) is 11.2. The Hall–Kier alpha value is -4.30. The molecule has 1 saturated heterocycles. The number of benzene rings is 3. The molecule has 0 bridgehead atoms. The molecule has 39 heavy (non-hydrogen) atoms. The maximum absolute atomic E-state index is 13.5. The van der Waals surface area contributed by atoms with Crippen molar-refractivity contribution in [2.24, 2.45) is 5.73 Å². The topological polar surface area (TPSA) is 96.0 Å². The Balaban J connectivity index is 1.50. The van der Waals surface area contributed by atoms with Gasteiger partial charge >= 0.3 is 0 Å². The minimum atomic E-state index is -0.148. The molecule has 0 radical (unpaired) electrons. The summed E-state index contributed by atoms with van der Waals surface area (Å²) in [6.07, 6.45) is 1.64. The van der Waals surface area contributed by atoms with Gasteiger partial charge in [0.1, 0.15) is 5.75 Å². The molecule has 5 rings (SSSR count). The number of methoxy groups -OCH3 is 3. The van der Waals surface area contributed by atoms with E-state index in [2.05, 4.69) is 0 Å². The summed E-state index contributed by atoms with van der Waals surface area (Å²) in [5.41, 5.74) is 9.76. The fourth-order valence-electron chi connectivity index (χ4n) is 5.11. The normalized spacial score (nSPS) is 13.9. The summed E-state index contributed by atoms with van der Waals surface area (Å²) in [7, 11) is 4.78. The molecule has 1 aliphatic heterocycles. The molecule has 1 aromatic heterocycles. The first-order valence-electron chi connectivity index (χ1n) is 13.0. The lowest BCUT2D eigenvalue weighted by molar-refractivity contribution is 0.0714. The standard InChI is InChI=1S/C31H33N3O5/c1-37-24-9-10-25-26(22-8-11-28(38-2)29(16-22)39-3)18-30(35)34(27(25)17-24)19-20-4-6-21(7-5-20)31(36)33-14-12-23(32)13-15-33/h4-11,16-18,23H,12-15,19,32H2,1-3H3. The summed E-state index contributed by atoms with van der Waals surface area (Å²) in [5, 5.41) is 0.901. The van der Waals surface area contributed by atoms with Crippen molar-refractivity contribution < 1.29 is 19.0 Å². The molecule has 8 heteroatoms. The van der Waals surface area contributed by atoms with Gasteiger partial charge in [-0.25, -0.2) is 0 Å². The molecule has 2 heterocycles. The quantitative estimate of drug-likeness (QED) is 0.385. The molecule has 2 N–H and O–H groups in total. The summed E-state index contributed by atoms with van der Waals surface area (Å²) in [6, 6.07) is 20.6. The number of pyridine rings is 1. The zero-order chi connectivity index (χ0) is 27.5. The molecule has 1 fully saturated rings. The minimum absolute atomic E-state index is 0.0140. The zero-order valence-electron chi connectivity index (χ0n) is 22.5. The third-order valence-electron chi connectivity index (χ3n) is 7.38. The van der Waals surface area contributed by atoms with Crippen LogP contribution in [0.3, 0.4) is 0 Å². The van der Waals surface area contributed by atoms with Gasteiger partial charge in [0.15, 0.2) is 11.5 Å². The monoisotopic (exact) mass is 527 g/mol. The lowest BCUT2D eigenvalue weighted by Gasteiger charge is -2.30. The van der Waals surface area contributed by atoms with Crippen LogP contribution in [0.5, 0.6) is 17.2 Å². The third-order valence-corrected chi connectivity index (χ3v) is 7.38. The molecular formula is C31H33N3O5. The first kappa shape index (κ1) is 26.3. The second-order valence-electron chi connectivity index (χ2n) is 9.76. The molecule has 1 aliphatic rings. The van der Waals surface area contributed by atoms with E-state index in [4.69, 9.17) is 19.9 Å². The van der Waals surface area contributed by atoms with Crippen LogP contribution in [0.2, 0.25) is 0 Å². The predicted octanol–water partition coefficient (Wildman–Crippen LogP) is 4.31. The van der Waals surface area contributed by atoms with Gasteiger partial charge in [0.05, 0.1) is 33.4 Å². The van der Waals surface area contributed by atoms with Gasteiger partial charge in [-0.1, -0.05) is 18.2 Å². The highest BCUT2D eigenvalue weighted by Crippen LogP contribution is 2.35. The van der Waals surface area contributed by atoms with E-state index in [1.54, 1.807) is 32.0 Å². The number of nitrogens with two attached hydrogens (primary N) is 1. The Kier molecular flexibility index (Phi) is 7.56. The fraction of sp³-hybridized carbons (Fsp3) is 0.290. The minimum Gasteiger partial charge on any atom is -0.497 e. The van der Waals surface area contributed by atoms with Crippen molar-refractivity contribution in [1.29, 1.82) is 0 Å². The summed E-state index contributed by atoms with van der Waals surface area (Å²) >= 11 is 0. The maximum atomic E-state index is 13.5. The van der Waals surface area contributed by atoms with Crippen LogP contribution >= 0.6 is 0 Å². The van der Waals surface area contributed by atoms with E-state index in [9.17, 15) is 9.59 Å². The highest BCUT2D eigenvalue weighted by molar-refractivity contribution is 5.96. The van der Waals surface area contributed by atoms with Crippen LogP contribution < -0.4 is 25.5 Å². The third kappa shape index (κ3) is 5.33. The van der Waals surface area contributed by atoms with Gasteiger partial charge in [0.2, 0.25) is 0 Å². The smallest absolute Gasteiger partial charge is 0.253 e. The molecule has 0 spiro atoms. The molecule has 0 saturated carbocycles. The average Bonchev–Trinajstić information content (AvgIpc) is 2.98. The van der Waals surface area contributed by atoms with E-state index in [1.807, 2.05) is 65.6 Å². The predicted molar refractivity (Wildman–Crippen MR) is 152 cm³/mol. The number of ether oxygens (including phenoxy) is 3. The molecule has 0 unspecified atom stereocenters. The Morgan fingerprint density at radius 1 is 0.872 bits per heavy atom. The number of amides is 1. The number of nitrogens with zero attached hydrogens (tertiary/aromatic N) is 2. The summed E-state index contributed by atoms with van der Waals surface area (Å²) < 4.78 is 18.1. The van der Waals surface area contributed by atoms with E-state index in [0.717, 1.165) is 40.4 Å². The largest absolute Gasteiger partial charge is 0.497 e. The van der Waals surface area contributed by atoms with Gasteiger partial charge in [-0.15, -0.1) is 0 Å². The van der Waals surface area contributed by atoms with Gasteiger partial charge in [-0.2, -0.15) is 0 Å². The Morgan fingerprint density at radius 3 is 2.26 bits per heavy atom. The number of hydrogen-bond acceptors (Lipinski definition) is 6. The molecular weight excluding hydrogens is 494 g/mol. The van der Waals surface area contributed by atoms with Crippen molar-refractivity contribution in [2.45, 2.75) is 25.4 Å². The molecule has 3 aromatic carbocycles. The number of carbonyl (C=O) groups is 1. The van der Waals surface area contributed by atoms with Crippen molar-refractivity contribution in [3.8, 4) is 28.4 Å². The Morgan fingerprint density at radius 2 is 1.59 bits per heavy atom. The first-order chi connectivity index (χ1) is 18.9. The van der Waals surface area contributed by atoms with Crippen LogP contribution in [-0.2, 0) is 6.54 Å². The number of hydrogen-bond donors (Lipinski definition) is 1. The van der Waals surface area contributed by atoms with E-state index in [0.29, 0.717) is 42.4 Å². The van der Waals surface area contributed by atoms with Crippen LogP contribution in [0.15, 0.2) is 71.5 Å². The lowest BCUT2D eigenvalue weighted by Crippen LogP contribution is -2.42. The van der Waals surface area contributed by atoms with Gasteiger partial charge in [-0.05, 0) is 65.9 Å². The zero-order valence-corrected chi connectivity index (χ0v) is 22.5. The van der Waals surface area contributed by atoms with Gasteiger partial charge < -0.3 is 29.4 Å². The van der Waals surface area contributed by atoms with E-state index in [1.165, 1.54) is 0 Å². The molecule has 4 aromatic rings. The van der Waals surface area contributed by atoms with Crippen LogP contribution in [0.1, 0.15) is 28.8 Å². The lowest BCUT2D eigenvalue weighted by atomic mass is 10.00. The van der Waals surface area contributed by atoms with Crippen molar-refractivity contribution in [3.63, 3.8) is 0 Å². The summed E-state index contributed by atoms with van der Waals surface area (Å²) in [6.45, 7) is 1.70. The van der Waals surface area contributed by atoms with Crippen molar-refractivity contribution in [2.75, 3.05) is 34.4 Å². The van der Waals surface area contributed by atoms with Crippen LogP contribution in [0.25, 0.3) is 22.0 Å². The van der Waals surface area contributed by atoms with Crippen LogP contribution in [0.4, 0.5) is 0 Å². The molecule has 0 aliphatic carbocycles. The van der Waals surface area contributed by atoms with Gasteiger partial charge in [-0.3, -0.25) is 9.59 Å². The Bertz CT molecular complexity index is 1550. The molecule has 8 nitrogen and oxygen atoms in total. The molecule has 0 atom stereocenters. The highest BCUT2D eigenvalue weighted by atomic mass is 16.5. The average molecular weight is 528 g/mol. The molecule has 202 valence electrons. The van der Waals surface area contributed by atoms with Gasteiger partial charge in [0.25, 0.3) is 11.5 Å². The fourth-order valence-corrected chi connectivity index (χ4v) is 5.11. The second-order valence-corrected chi connectivity index (χ2v) is 9.76. The summed E-state index contributed by atoms with van der Waals surface area (Å²) in [5.74, 6) is 1.87. The number of piperidine rings is 1. The number of likely N-dealkylation sites (tertiary alicyclic amines) is 1. The number of fused-ring (bicyclic) bond motifs is 1. The van der Waals surface area contributed by atoms with Gasteiger partial charge in [0, 0.05) is 42.2 Å². The highest BCUT2D eigenvalue weighted by Gasteiger charge is 2.21. The van der Waals surface area contributed by atoms with E-state index < -0.39 is 0 Å². The van der Waals surface area contributed by atoms with Crippen molar-refractivity contribution in [1.82, 2.24) is 9.47 Å². The number of rotatable bonds is 7. The maximum Gasteiger partial charge on any atom is 0.253 e. The number of aromatic nitrogens is 1. The van der Waals surface area contributed by atoms with E-state index in [-0.39, 0.29) is 17.5 Å². The van der Waals surface area contributed by atoms with E-state index >= 15 is 0 Å². The van der Waals surface area contributed by atoms with Crippen molar-refractivity contribution >= 4 is 16.8 Å². The SMILES string of the molecule is COc1ccc2c(-c3ccc(OC)c(OC)c3)cc(=O)n(Cc3ccc(C(=O)N4CCC(N)CC4)cc3)c2c1. The van der Waals surface area contributed by atoms with Crippen LogP contribution in [-0.4, -0.2) is 55.8 Å². The first-order valence-corrected chi connectivity index (χ1v) is 13.0. The summed E-state index contributed by atoms with van der Waals surface area (Å²) in [4.78, 5) is 28.3. The molecule has 1 amide bonds.